The van der Waals surface area contributed by atoms with Gasteiger partial charge in [-0.15, -0.1) is 0 Å². The molecule has 0 aromatic carbocycles. The van der Waals surface area contributed by atoms with Gasteiger partial charge < -0.3 is 0 Å². The zero-order valence-corrected chi connectivity index (χ0v) is 9.07. The quantitative estimate of drug-likeness (QED) is 0.668. The van der Waals surface area contributed by atoms with E-state index in [0.717, 1.165) is 0 Å². The Balaban J connectivity index is 0.000000293. The summed E-state index contributed by atoms with van der Waals surface area (Å²) in [7, 11) is 0. The zero-order valence-electron chi connectivity index (χ0n) is 9.07. The van der Waals surface area contributed by atoms with Gasteiger partial charge >= 0.3 is 0 Å². The predicted octanol–water partition coefficient (Wildman–Crippen LogP) is 3.30. The molecule has 0 aromatic heterocycles. The van der Waals surface area contributed by atoms with Crippen molar-refractivity contribution >= 4 is 0 Å². The molecular weight excluding hydrogens is 184 g/mol. The fourth-order valence-electron chi connectivity index (χ4n) is 3.10. The predicted molar refractivity (Wildman–Crippen MR) is 54.8 cm³/mol. The van der Waals surface area contributed by atoms with Gasteiger partial charge in [-0.05, 0) is 45.2 Å². The number of hydrogen-bond acceptors (Lipinski definition) is 1. The van der Waals surface area contributed by atoms with Gasteiger partial charge in [0, 0.05) is 5.54 Å². The van der Waals surface area contributed by atoms with Gasteiger partial charge in [0.05, 0.1) is 0 Å². The van der Waals surface area contributed by atoms with E-state index in [4.69, 9.17) is 0 Å². The third-order valence-corrected chi connectivity index (χ3v) is 3.53. The van der Waals surface area contributed by atoms with Gasteiger partial charge in [-0.2, -0.15) is 0 Å². The molecule has 0 N–H and O–H groups in total. The molecule has 0 saturated carbocycles. The van der Waals surface area contributed by atoms with Crippen molar-refractivity contribution in [2.75, 3.05) is 20.0 Å². The second-order valence-corrected chi connectivity index (χ2v) is 4.27. The average molecular weight is 205 g/mol. The molecule has 3 heteroatoms. The van der Waals surface area contributed by atoms with Crippen molar-refractivity contribution in [1.29, 1.82) is 0 Å². The second kappa shape index (κ2) is 5.64. The Bertz CT molecular complexity index is 151. The largest absolute Gasteiger partial charge is 0.298 e. The molecule has 14 heavy (non-hydrogen) atoms. The highest BCUT2D eigenvalue weighted by atomic mass is 19.3. The molecule has 0 spiro atoms. The first-order valence-electron chi connectivity index (χ1n) is 5.66. The summed E-state index contributed by atoms with van der Waals surface area (Å²) in [5.74, 6) is 0. The molecule has 2 fully saturated rings. The van der Waals surface area contributed by atoms with Gasteiger partial charge in [-0.1, -0.05) is 13.3 Å². The van der Waals surface area contributed by atoms with Crippen molar-refractivity contribution in [3.05, 3.63) is 0 Å². The number of rotatable bonds is 2. The lowest BCUT2D eigenvalue weighted by atomic mass is 9.89. The highest BCUT2D eigenvalue weighted by molar-refractivity contribution is 4.99. The number of nitrogens with zero attached hydrogens (tertiary/aromatic N) is 1. The van der Waals surface area contributed by atoms with Crippen LogP contribution in [-0.2, 0) is 0 Å². The van der Waals surface area contributed by atoms with Crippen LogP contribution in [-0.4, -0.2) is 30.5 Å². The van der Waals surface area contributed by atoms with Crippen LogP contribution in [0, 0.1) is 0 Å². The third kappa shape index (κ3) is 2.44. The lowest BCUT2D eigenvalue weighted by Crippen LogP contribution is -2.37. The van der Waals surface area contributed by atoms with E-state index < -0.39 is 6.93 Å². The van der Waals surface area contributed by atoms with Crippen molar-refractivity contribution in [3.8, 4) is 0 Å². The fourth-order valence-corrected chi connectivity index (χ4v) is 3.10. The van der Waals surface area contributed by atoms with Gasteiger partial charge in [0.2, 0.25) is 6.93 Å². The summed E-state index contributed by atoms with van der Waals surface area (Å²) in [6, 6.07) is 0. The first-order chi connectivity index (χ1) is 6.79. The maximum atomic E-state index is 9.62. The van der Waals surface area contributed by atoms with E-state index in [-0.39, 0.29) is 0 Å². The van der Waals surface area contributed by atoms with E-state index in [1.54, 1.807) is 0 Å². The lowest BCUT2D eigenvalue weighted by Gasteiger charge is -2.31. The van der Waals surface area contributed by atoms with Crippen LogP contribution < -0.4 is 0 Å². The van der Waals surface area contributed by atoms with Gasteiger partial charge in [0.15, 0.2) is 0 Å². The Kier molecular flexibility index (Phi) is 4.79. The summed E-state index contributed by atoms with van der Waals surface area (Å²) in [6.07, 6.45) is 8.71. The van der Waals surface area contributed by atoms with Crippen LogP contribution in [0.2, 0.25) is 0 Å². The molecule has 0 aliphatic carbocycles. The Morgan fingerprint density at radius 1 is 1.14 bits per heavy atom. The van der Waals surface area contributed by atoms with Gasteiger partial charge in [0.1, 0.15) is 0 Å². The summed E-state index contributed by atoms with van der Waals surface area (Å²) < 4.78 is 19.2. The van der Waals surface area contributed by atoms with Crippen LogP contribution in [0.3, 0.4) is 0 Å². The standard InChI is InChI=1S/C10H19N.CH2F2/c1-2-5-10-6-3-8-11(10)9-4-7-10;2-1-3/h2-9H2,1H3;1H2. The smallest absolute Gasteiger partial charge is 0.229 e. The molecule has 84 valence electrons. The van der Waals surface area contributed by atoms with Gasteiger partial charge in [-0.3, -0.25) is 4.90 Å². The summed E-state index contributed by atoms with van der Waals surface area (Å²) >= 11 is 0. The van der Waals surface area contributed by atoms with Gasteiger partial charge in [0.25, 0.3) is 0 Å². The van der Waals surface area contributed by atoms with E-state index >= 15 is 0 Å². The molecule has 0 unspecified atom stereocenters. The number of halogens is 2. The normalized spacial score (nSPS) is 24.2. The number of fused-ring (bicyclic) bond motifs is 1. The van der Waals surface area contributed by atoms with Gasteiger partial charge in [-0.25, -0.2) is 8.78 Å². The summed E-state index contributed by atoms with van der Waals surface area (Å²) in [6.45, 7) is 3.35. The minimum absolute atomic E-state index is 0.689. The summed E-state index contributed by atoms with van der Waals surface area (Å²) in [4.78, 5) is 2.75. The topological polar surface area (TPSA) is 3.24 Å². The molecular formula is C11H21F2N. The fraction of sp³-hybridized carbons (Fsp3) is 1.00. The molecule has 0 aromatic rings. The van der Waals surface area contributed by atoms with Crippen molar-refractivity contribution in [3.63, 3.8) is 0 Å². The number of alkyl halides is 2. The van der Waals surface area contributed by atoms with E-state index in [9.17, 15) is 8.78 Å². The Morgan fingerprint density at radius 3 is 2.07 bits per heavy atom. The SMILES string of the molecule is CCCC12CCCN1CCC2.FCF. The lowest BCUT2D eigenvalue weighted by molar-refractivity contribution is 0.181. The van der Waals surface area contributed by atoms with Crippen LogP contribution >= 0.6 is 0 Å². The first-order valence-corrected chi connectivity index (χ1v) is 5.66. The molecule has 1 nitrogen and oxygen atoms in total. The Morgan fingerprint density at radius 2 is 1.64 bits per heavy atom. The Hall–Kier alpha value is -0.180. The number of hydrogen-bond donors (Lipinski definition) is 0. The third-order valence-electron chi connectivity index (χ3n) is 3.53. The molecule has 2 aliphatic rings. The molecule has 0 radical (unpaired) electrons. The highest BCUT2D eigenvalue weighted by Gasteiger charge is 2.42. The van der Waals surface area contributed by atoms with E-state index in [2.05, 4.69) is 11.8 Å². The maximum Gasteiger partial charge on any atom is 0.229 e. The van der Waals surface area contributed by atoms with Crippen molar-refractivity contribution in [1.82, 2.24) is 4.90 Å². The van der Waals surface area contributed by atoms with E-state index in [0.29, 0.717) is 5.54 Å². The zero-order chi connectivity index (χ0) is 10.4. The molecule has 2 heterocycles. The van der Waals surface area contributed by atoms with Crippen LogP contribution in [0.5, 0.6) is 0 Å². The molecule has 0 amide bonds. The van der Waals surface area contributed by atoms with Crippen LogP contribution in [0.1, 0.15) is 45.4 Å². The van der Waals surface area contributed by atoms with Crippen molar-refractivity contribution < 1.29 is 8.78 Å². The minimum Gasteiger partial charge on any atom is -0.298 e. The molecule has 0 atom stereocenters. The molecule has 0 bridgehead atoms. The highest BCUT2D eigenvalue weighted by Crippen LogP contribution is 2.41. The average Bonchev–Trinajstić information content (AvgIpc) is 2.64. The summed E-state index contributed by atoms with van der Waals surface area (Å²) in [5, 5.41) is 0. The Labute approximate surface area is 85.5 Å². The van der Waals surface area contributed by atoms with Crippen LogP contribution in [0.4, 0.5) is 8.78 Å². The molecule has 2 aliphatic heterocycles. The van der Waals surface area contributed by atoms with Crippen molar-refractivity contribution in [2.45, 2.75) is 51.0 Å². The van der Waals surface area contributed by atoms with Crippen LogP contribution in [0.25, 0.3) is 0 Å². The van der Waals surface area contributed by atoms with E-state index in [1.807, 2.05) is 0 Å². The van der Waals surface area contributed by atoms with E-state index in [1.165, 1.54) is 51.6 Å². The monoisotopic (exact) mass is 205 g/mol. The maximum absolute atomic E-state index is 9.62. The molecule has 2 rings (SSSR count). The second-order valence-electron chi connectivity index (χ2n) is 4.27. The van der Waals surface area contributed by atoms with Crippen molar-refractivity contribution in [2.24, 2.45) is 0 Å². The molecule has 2 saturated heterocycles. The summed E-state index contributed by atoms with van der Waals surface area (Å²) in [5.41, 5.74) is 0.689. The van der Waals surface area contributed by atoms with Crippen LogP contribution in [0.15, 0.2) is 0 Å². The minimum atomic E-state index is -1.75. The first kappa shape index (κ1) is 11.9.